The molecule has 0 aromatic rings. The summed E-state index contributed by atoms with van der Waals surface area (Å²) in [4.78, 5) is 0. The minimum absolute atomic E-state index is 0.0580. The Kier molecular flexibility index (Phi) is 10.3. The van der Waals surface area contributed by atoms with Crippen LogP contribution in [0.15, 0.2) is 0 Å². The minimum Gasteiger partial charge on any atom is -0.395 e. The van der Waals surface area contributed by atoms with Gasteiger partial charge in [0.25, 0.3) is 0 Å². The Morgan fingerprint density at radius 1 is 1.00 bits per heavy atom. The monoisotopic (exact) mass is 206 g/mol. The van der Waals surface area contributed by atoms with Crippen LogP contribution in [0, 0.1) is 0 Å². The van der Waals surface area contributed by atoms with Gasteiger partial charge in [0.1, 0.15) is 0 Å². The van der Waals surface area contributed by atoms with Gasteiger partial charge in [-0.05, 0) is 6.42 Å². The number of rotatable bonds is 9. The van der Waals surface area contributed by atoms with E-state index < -0.39 is 10.8 Å². The molecule has 0 saturated heterocycles. The minimum atomic E-state index is -0.777. The van der Waals surface area contributed by atoms with Crippen molar-refractivity contribution in [3.63, 3.8) is 0 Å². The third-order valence-electron chi connectivity index (χ3n) is 2.04. The Bertz CT molecular complexity index is 126. The number of unbranched alkanes of at least 4 members (excludes halogenated alkanes) is 5. The molecule has 2 nitrogen and oxygen atoms in total. The topological polar surface area (TPSA) is 37.3 Å². The highest BCUT2D eigenvalue weighted by Gasteiger charge is 1.97. The maximum atomic E-state index is 11.1. The lowest BCUT2D eigenvalue weighted by atomic mass is 10.1. The predicted molar refractivity (Wildman–Crippen MR) is 58.3 cm³/mol. The highest BCUT2D eigenvalue weighted by atomic mass is 32.2. The lowest BCUT2D eigenvalue weighted by Gasteiger charge is -2.00. The summed E-state index contributed by atoms with van der Waals surface area (Å²) < 4.78 is 11.1. The lowest BCUT2D eigenvalue weighted by Crippen LogP contribution is -2.05. The van der Waals surface area contributed by atoms with E-state index in [9.17, 15) is 4.21 Å². The quantitative estimate of drug-likeness (QED) is 0.587. The van der Waals surface area contributed by atoms with Gasteiger partial charge in [-0.1, -0.05) is 39.0 Å². The summed E-state index contributed by atoms with van der Waals surface area (Å²) in [6.45, 7) is 2.26. The Labute approximate surface area is 84.2 Å². The Balaban J connectivity index is 3.02. The molecule has 0 saturated carbocycles. The first-order chi connectivity index (χ1) is 6.31. The fraction of sp³-hybridized carbons (Fsp3) is 1.00. The van der Waals surface area contributed by atoms with Crippen LogP contribution in [0.5, 0.6) is 0 Å². The Morgan fingerprint density at radius 3 is 2.23 bits per heavy atom. The predicted octanol–water partition coefficient (Wildman–Crippen LogP) is 2.09. The Hall–Kier alpha value is 0.110. The van der Waals surface area contributed by atoms with E-state index >= 15 is 0 Å². The third-order valence-corrected chi connectivity index (χ3v) is 3.43. The molecule has 0 heterocycles. The van der Waals surface area contributed by atoms with Crippen LogP contribution in [0.25, 0.3) is 0 Å². The van der Waals surface area contributed by atoms with Gasteiger partial charge in [0.05, 0.1) is 6.61 Å². The van der Waals surface area contributed by atoms with Crippen molar-refractivity contribution in [1.82, 2.24) is 0 Å². The molecule has 0 amide bonds. The highest BCUT2D eigenvalue weighted by Crippen LogP contribution is 2.05. The Morgan fingerprint density at radius 2 is 1.62 bits per heavy atom. The summed E-state index contributed by atoms with van der Waals surface area (Å²) in [5.41, 5.74) is 0. The van der Waals surface area contributed by atoms with Crippen LogP contribution in [0.2, 0.25) is 0 Å². The highest BCUT2D eigenvalue weighted by molar-refractivity contribution is 7.84. The van der Waals surface area contributed by atoms with E-state index in [2.05, 4.69) is 6.92 Å². The van der Waals surface area contributed by atoms with E-state index in [-0.39, 0.29) is 6.61 Å². The third kappa shape index (κ3) is 10.0. The largest absolute Gasteiger partial charge is 0.395 e. The second kappa shape index (κ2) is 10.2. The van der Waals surface area contributed by atoms with Gasteiger partial charge in [-0.2, -0.15) is 0 Å². The second-order valence-electron chi connectivity index (χ2n) is 3.34. The average molecular weight is 206 g/mol. The van der Waals surface area contributed by atoms with Gasteiger partial charge in [0.15, 0.2) is 0 Å². The van der Waals surface area contributed by atoms with Crippen molar-refractivity contribution >= 4 is 10.8 Å². The summed E-state index contributed by atoms with van der Waals surface area (Å²) in [5.74, 6) is 1.22. The van der Waals surface area contributed by atoms with Crippen LogP contribution in [0.1, 0.15) is 45.4 Å². The van der Waals surface area contributed by atoms with Gasteiger partial charge >= 0.3 is 0 Å². The number of aliphatic hydroxyl groups is 1. The first-order valence-corrected chi connectivity index (χ1v) is 6.76. The van der Waals surface area contributed by atoms with E-state index in [0.717, 1.165) is 12.2 Å². The first kappa shape index (κ1) is 13.1. The van der Waals surface area contributed by atoms with Crippen LogP contribution < -0.4 is 0 Å². The summed E-state index contributed by atoms with van der Waals surface area (Å²) in [5, 5.41) is 8.52. The van der Waals surface area contributed by atoms with E-state index in [1.807, 2.05) is 0 Å². The van der Waals surface area contributed by atoms with Crippen LogP contribution in [-0.2, 0) is 10.8 Å². The lowest BCUT2D eigenvalue weighted by molar-refractivity contribution is 0.321. The van der Waals surface area contributed by atoms with Crippen LogP contribution in [0.3, 0.4) is 0 Å². The summed E-state index contributed by atoms with van der Waals surface area (Å²) >= 11 is 0. The van der Waals surface area contributed by atoms with Crippen molar-refractivity contribution in [2.24, 2.45) is 0 Å². The second-order valence-corrected chi connectivity index (χ2v) is 5.04. The molecule has 0 aromatic heterocycles. The molecule has 1 N–H and O–H groups in total. The van der Waals surface area contributed by atoms with Crippen molar-refractivity contribution in [2.45, 2.75) is 45.4 Å². The van der Waals surface area contributed by atoms with E-state index in [1.54, 1.807) is 0 Å². The maximum Gasteiger partial charge on any atom is 0.0546 e. The maximum absolute atomic E-state index is 11.1. The van der Waals surface area contributed by atoms with Gasteiger partial charge in [0.2, 0.25) is 0 Å². The van der Waals surface area contributed by atoms with Crippen LogP contribution in [0.4, 0.5) is 0 Å². The molecule has 0 aliphatic rings. The number of hydrogen-bond donors (Lipinski definition) is 1. The zero-order valence-electron chi connectivity index (χ0n) is 8.63. The molecular weight excluding hydrogens is 184 g/mol. The van der Waals surface area contributed by atoms with Crippen molar-refractivity contribution < 1.29 is 9.32 Å². The zero-order valence-corrected chi connectivity index (χ0v) is 9.44. The average Bonchev–Trinajstić information content (AvgIpc) is 2.11. The van der Waals surface area contributed by atoms with Crippen molar-refractivity contribution in [2.75, 3.05) is 18.1 Å². The molecule has 0 aliphatic carbocycles. The summed E-state index contributed by atoms with van der Waals surface area (Å²) in [7, 11) is -0.777. The molecule has 80 valence electrons. The number of aliphatic hydroxyl groups excluding tert-OH is 1. The molecule has 1 atom stereocenters. The van der Waals surface area contributed by atoms with Gasteiger partial charge in [-0.15, -0.1) is 0 Å². The van der Waals surface area contributed by atoms with Crippen LogP contribution >= 0.6 is 0 Å². The normalized spacial score (nSPS) is 13.1. The number of hydrogen-bond acceptors (Lipinski definition) is 2. The fourth-order valence-corrected chi connectivity index (χ4v) is 2.18. The SMILES string of the molecule is CCCCCCCC[S@@](=O)CCO. The molecule has 0 rings (SSSR count). The molecule has 0 aromatic carbocycles. The van der Waals surface area contributed by atoms with E-state index in [1.165, 1.54) is 32.1 Å². The molecule has 0 radical (unpaired) electrons. The first-order valence-electron chi connectivity index (χ1n) is 5.27. The zero-order chi connectivity index (χ0) is 9.94. The molecular formula is C10H22O2S. The molecule has 13 heavy (non-hydrogen) atoms. The van der Waals surface area contributed by atoms with Crippen molar-refractivity contribution in [3.05, 3.63) is 0 Å². The molecule has 0 aliphatic heterocycles. The fourth-order valence-electron chi connectivity index (χ4n) is 1.25. The molecule has 0 unspecified atom stereocenters. The van der Waals surface area contributed by atoms with Crippen LogP contribution in [-0.4, -0.2) is 27.4 Å². The molecule has 0 bridgehead atoms. The molecule has 0 spiro atoms. The van der Waals surface area contributed by atoms with Crippen molar-refractivity contribution in [3.8, 4) is 0 Å². The van der Waals surface area contributed by atoms with Gasteiger partial charge in [-0.25, -0.2) is 0 Å². The smallest absolute Gasteiger partial charge is 0.0546 e. The van der Waals surface area contributed by atoms with Crippen molar-refractivity contribution in [1.29, 1.82) is 0 Å². The standard InChI is InChI=1S/C10H22O2S/c1-2-3-4-5-6-7-9-13(12)10-8-11/h11H,2-10H2,1H3/t13-/m1/s1. The molecule has 0 fully saturated rings. The van der Waals surface area contributed by atoms with E-state index in [4.69, 9.17) is 5.11 Å². The summed E-state index contributed by atoms with van der Waals surface area (Å²) in [6, 6.07) is 0. The van der Waals surface area contributed by atoms with Gasteiger partial charge in [-0.3, -0.25) is 4.21 Å². The van der Waals surface area contributed by atoms with E-state index in [0.29, 0.717) is 5.75 Å². The van der Waals surface area contributed by atoms with Gasteiger partial charge in [0, 0.05) is 22.3 Å². The van der Waals surface area contributed by atoms with Gasteiger partial charge < -0.3 is 5.11 Å². The molecule has 3 heteroatoms. The summed E-state index contributed by atoms with van der Waals surface area (Å²) in [6.07, 6.45) is 7.41.